The van der Waals surface area contributed by atoms with Gasteiger partial charge in [-0.25, -0.2) is 14.0 Å². The molecule has 0 aliphatic rings. The molecule has 0 N–H and O–H groups in total. The van der Waals surface area contributed by atoms with E-state index in [1.807, 2.05) is 31.2 Å². The molecule has 0 fully saturated rings. The van der Waals surface area contributed by atoms with E-state index in [4.69, 9.17) is 14.2 Å². The standard InChI is InChI=1S/C37H47FO5/c1-4-6-7-8-9-10-11-12-13-14-25-41-35-24-21-32(26-34(35)38)37(40)43-33-22-19-30(20-23-33)29-15-17-31(18-16-29)36(39)42-27-28(3)5-2/h15-24,26,28H,4-14,25,27H2,1-3H3/t28-/m0/s1. The quantitative estimate of drug-likeness (QED) is 0.0790. The zero-order chi connectivity index (χ0) is 30.9. The van der Waals surface area contributed by atoms with Crippen molar-refractivity contribution < 1.29 is 28.2 Å². The van der Waals surface area contributed by atoms with Gasteiger partial charge in [0, 0.05) is 0 Å². The lowest BCUT2D eigenvalue weighted by atomic mass is 10.0. The fraction of sp³-hybridized carbons (Fsp3) is 0.459. The molecule has 0 saturated heterocycles. The van der Waals surface area contributed by atoms with Gasteiger partial charge in [-0.2, -0.15) is 0 Å². The van der Waals surface area contributed by atoms with E-state index < -0.39 is 11.8 Å². The SMILES string of the molecule is CCCCCCCCCCCCOc1ccc(C(=O)Oc2ccc(-c3ccc(C(=O)OC[C@@H](C)CC)cc3)cc2)cc1F. The molecule has 3 aromatic rings. The fourth-order valence-electron chi connectivity index (χ4n) is 4.62. The van der Waals surface area contributed by atoms with Crippen LogP contribution >= 0.6 is 0 Å². The summed E-state index contributed by atoms with van der Waals surface area (Å²) in [6.45, 7) is 7.20. The van der Waals surface area contributed by atoms with E-state index in [-0.39, 0.29) is 17.3 Å². The van der Waals surface area contributed by atoms with Crippen molar-refractivity contribution in [1.29, 1.82) is 0 Å². The van der Waals surface area contributed by atoms with Crippen LogP contribution in [0.25, 0.3) is 11.1 Å². The van der Waals surface area contributed by atoms with Crippen LogP contribution in [-0.4, -0.2) is 25.2 Å². The Morgan fingerprint density at radius 1 is 0.698 bits per heavy atom. The van der Waals surface area contributed by atoms with Crippen LogP contribution in [0.2, 0.25) is 0 Å². The van der Waals surface area contributed by atoms with E-state index >= 15 is 0 Å². The molecule has 5 nitrogen and oxygen atoms in total. The Bertz CT molecular complexity index is 1250. The molecule has 0 heterocycles. The van der Waals surface area contributed by atoms with E-state index in [9.17, 15) is 14.0 Å². The molecule has 43 heavy (non-hydrogen) atoms. The molecule has 0 unspecified atom stereocenters. The van der Waals surface area contributed by atoms with Crippen molar-refractivity contribution in [2.45, 2.75) is 91.4 Å². The molecule has 0 spiro atoms. The molecule has 0 aromatic heterocycles. The summed E-state index contributed by atoms with van der Waals surface area (Å²) in [6.07, 6.45) is 13.2. The average Bonchev–Trinajstić information content (AvgIpc) is 3.03. The van der Waals surface area contributed by atoms with Gasteiger partial charge >= 0.3 is 11.9 Å². The Balaban J connectivity index is 1.41. The minimum Gasteiger partial charge on any atom is -0.491 e. The number of unbranched alkanes of at least 4 members (excludes halogenated alkanes) is 9. The van der Waals surface area contributed by atoms with Crippen molar-refractivity contribution in [3.8, 4) is 22.6 Å². The smallest absolute Gasteiger partial charge is 0.343 e. The van der Waals surface area contributed by atoms with Gasteiger partial charge in [0.2, 0.25) is 0 Å². The maximum Gasteiger partial charge on any atom is 0.343 e. The van der Waals surface area contributed by atoms with Gasteiger partial charge in [0.25, 0.3) is 0 Å². The number of esters is 2. The molecule has 3 rings (SSSR count). The number of benzene rings is 3. The number of hydrogen-bond donors (Lipinski definition) is 0. The van der Waals surface area contributed by atoms with Crippen molar-refractivity contribution in [2.75, 3.05) is 13.2 Å². The predicted molar refractivity (Wildman–Crippen MR) is 170 cm³/mol. The fourth-order valence-corrected chi connectivity index (χ4v) is 4.62. The number of carbonyl (C=O) groups is 2. The lowest BCUT2D eigenvalue weighted by molar-refractivity contribution is 0.0447. The lowest BCUT2D eigenvalue weighted by Gasteiger charge is -2.10. The first-order valence-electron chi connectivity index (χ1n) is 15.9. The van der Waals surface area contributed by atoms with E-state index in [1.54, 1.807) is 24.3 Å². The van der Waals surface area contributed by atoms with Gasteiger partial charge in [-0.1, -0.05) is 109 Å². The van der Waals surface area contributed by atoms with Crippen molar-refractivity contribution in [3.05, 3.63) is 83.7 Å². The van der Waals surface area contributed by atoms with Crippen LogP contribution < -0.4 is 9.47 Å². The zero-order valence-electron chi connectivity index (χ0n) is 26.0. The predicted octanol–water partition coefficient (Wildman–Crippen LogP) is 10.2. The summed E-state index contributed by atoms with van der Waals surface area (Å²) in [5, 5.41) is 0. The van der Waals surface area contributed by atoms with E-state index in [2.05, 4.69) is 13.8 Å². The summed E-state index contributed by atoms with van der Waals surface area (Å²) in [5.41, 5.74) is 2.42. The second kappa shape index (κ2) is 18.8. The molecule has 0 radical (unpaired) electrons. The Hall–Kier alpha value is -3.67. The van der Waals surface area contributed by atoms with Gasteiger partial charge in [0.1, 0.15) is 5.75 Å². The Kier molecular flexibility index (Phi) is 14.8. The largest absolute Gasteiger partial charge is 0.491 e. The molecule has 0 amide bonds. The third kappa shape index (κ3) is 11.9. The highest BCUT2D eigenvalue weighted by Crippen LogP contribution is 2.25. The van der Waals surface area contributed by atoms with Crippen molar-refractivity contribution >= 4 is 11.9 Å². The van der Waals surface area contributed by atoms with Crippen LogP contribution in [0.1, 0.15) is 112 Å². The van der Waals surface area contributed by atoms with Crippen molar-refractivity contribution in [3.63, 3.8) is 0 Å². The molecule has 0 saturated carbocycles. The average molecular weight is 591 g/mol. The highest BCUT2D eigenvalue weighted by Gasteiger charge is 2.14. The summed E-state index contributed by atoms with van der Waals surface area (Å²) < 4.78 is 31.0. The van der Waals surface area contributed by atoms with Gasteiger partial charge in [-0.15, -0.1) is 0 Å². The Labute approximate surface area is 256 Å². The minimum atomic E-state index is -0.645. The number of carbonyl (C=O) groups excluding carboxylic acids is 2. The summed E-state index contributed by atoms with van der Waals surface area (Å²) in [6, 6.07) is 18.3. The maximum atomic E-state index is 14.6. The first-order valence-corrected chi connectivity index (χ1v) is 15.9. The van der Waals surface area contributed by atoms with Gasteiger partial charge in [-0.3, -0.25) is 0 Å². The van der Waals surface area contributed by atoms with Gasteiger partial charge < -0.3 is 14.2 Å². The maximum absolute atomic E-state index is 14.6. The monoisotopic (exact) mass is 590 g/mol. The van der Waals surface area contributed by atoms with Crippen molar-refractivity contribution in [1.82, 2.24) is 0 Å². The first-order chi connectivity index (χ1) is 20.9. The molecular formula is C37H47FO5. The highest BCUT2D eigenvalue weighted by atomic mass is 19.1. The topological polar surface area (TPSA) is 61.8 Å². The summed E-state index contributed by atoms with van der Waals surface area (Å²) in [5.74, 6) is -0.740. The van der Waals surface area contributed by atoms with E-state index in [1.165, 1.54) is 63.5 Å². The Morgan fingerprint density at radius 2 is 1.26 bits per heavy atom. The van der Waals surface area contributed by atoms with Gasteiger partial charge in [-0.05, 0) is 65.9 Å². The third-order valence-corrected chi connectivity index (χ3v) is 7.64. The third-order valence-electron chi connectivity index (χ3n) is 7.64. The minimum absolute atomic E-state index is 0.115. The molecule has 232 valence electrons. The normalized spacial score (nSPS) is 11.6. The number of hydrogen-bond acceptors (Lipinski definition) is 5. The van der Waals surface area contributed by atoms with Crippen LogP contribution in [0, 0.1) is 11.7 Å². The summed E-state index contributed by atoms with van der Waals surface area (Å²) in [4.78, 5) is 24.9. The van der Waals surface area contributed by atoms with Crippen molar-refractivity contribution in [2.24, 2.45) is 5.92 Å². The molecule has 0 bridgehead atoms. The number of rotatable bonds is 19. The first kappa shape index (κ1) is 33.8. The number of ether oxygens (including phenoxy) is 3. The molecule has 0 aliphatic carbocycles. The van der Waals surface area contributed by atoms with Crippen LogP contribution in [0.15, 0.2) is 66.7 Å². The van der Waals surface area contributed by atoms with Crippen LogP contribution in [0.4, 0.5) is 4.39 Å². The van der Waals surface area contributed by atoms with E-state index in [0.29, 0.717) is 30.4 Å². The second-order valence-corrected chi connectivity index (χ2v) is 11.3. The Morgan fingerprint density at radius 3 is 1.84 bits per heavy atom. The molecule has 6 heteroatoms. The lowest BCUT2D eigenvalue weighted by Crippen LogP contribution is -2.11. The highest BCUT2D eigenvalue weighted by molar-refractivity contribution is 5.91. The summed E-state index contributed by atoms with van der Waals surface area (Å²) >= 11 is 0. The zero-order valence-corrected chi connectivity index (χ0v) is 26.0. The van der Waals surface area contributed by atoms with Gasteiger partial charge in [0.05, 0.1) is 24.3 Å². The van der Waals surface area contributed by atoms with Crippen LogP contribution in [0.3, 0.4) is 0 Å². The van der Waals surface area contributed by atoms with Crippen LogP contribution in [0.5, 0.6) is 11.5 Å². The molecule has 3 aromatic carbocycles. The summed E-state index contributed by atoms with van der Waals surface area (Å²) in [7, 11) is 0. The van der Waals surface area contributed by atoms with Crippen LogP contribution in [-0.2, 0) is 4.74 Å². The number of halogens is 1. The second-order valence-electron chi connectivity index (χ2n) is 11.3. The molecule has 0 aliphatic heterocycles. The van der Waals surface area contributed by atoms with E-state index in [0.717, 1.165) is 36.5 Å². The molecular weight excluding hydrogens is 543 g/mol. The van der Waals surface area contributed by atoms with Gasteiger partial charge in [0.15, 0.2) is 11.6 Å². The molecule has 1 atom stereocenters.